The van der Waals surface area contributed by atoms with E-state index in [1.807, 2.05) is 21.6 Å². The summed E-state index contributed by atoms with van der Waals surface area (Å²) >= 11 is 0. The fraction of sp³-hybridized carbons (Fsp3) is 0.625. The van der Waals surface area contributed by atoms with E-state index in [0.717, 1.165) is 50.1 Å². The lowest BCUT2D eigenvalue weighted by molar-refractivity contribution is 0.177. The minimum absolute atomic E-state index is 0.284. The standard InChI is InChI=1S/C16H26N8O/c1-3-17-16(18-8-10-23-9-4-7-19-23)20-13-5-6-15-21-14(12-25-2)22-24(15)11-13/h4,7,9,13H,3,5-6,8,10-12H2,1-2H3,(H2,17,18,20). The molecule has 25 heavy (non-hydrogen) atoms. The van der Waals surface area contributed by atoms with Crippen LogP contribution < -0.4 is 10.6 Å². The summed E-state index contributed by atoms with van der Waals surface area (Å²) < 4.78 is 8.97. The molecule has 9 nitrogen and oxygen atoms in total. The van der Waals surface area contributed by atoms with Crippen molar-refractivity contribution in [2.75, 3.05) is 20.2 Å². The van der Waals surface area contributed by atoms with E-state index >= 15 is 0 Å². The molecule has 136 valence electrons. The van der Waals surface area contributed by atoms with Crippen molar-refractivity contribution in [2.24, 2.45) is 4.99 Å². The van der Waals surface area contributed by atoms with E-state index in [0.29, 0.717) is 13.2 Å². The molecule has 2 aromatic heterocycles. The number of ether oxygens (including phenoxy) is 1. The molecule has 0 bridgehead atoms. The monoisotopic (exact) mass is 346 g/mol. The van der Waals surface area contributed by atoms with Crippen LogP contribution in [0.3, 0.4) is 0 Å². The Morgan fingerprint density at radius 2 is 2.40 bits per heavy atom. The number of aromatic nitrogens is 5. The van der Waals surface area contributed by atoms with Gasteiger partial charge in [0.1, 0.15) is 12.4 Å². The van der Waals surface area contributed by atoms with Crippen molar-refractivity contribution >= 4 is 5.96 Å². The molecular weight excluding hydrogens is 320 g/mol. The highest BCUT2D eigenvalue weighted by molar-refractivity contribution is 5.80. The molecule has 0 aliphatic carbocycles. The summed E-state index contributed by atoms with van der Waals surface area (Å²) in [6.07, 6.45) is 5.64. The van der Waals surface area contributed by atoms with E-state index in [1.165, 1.54) is 0 Å². The maximum absolute atomic E-state index is 5.11. The van der Waals surface area contributed by atoms with E-state index < -0.39 is 0 Å². The zero-order chi connectivity index (χ0) is 17.5. The first kappa shape index (κ1) is 17.4. The number of aryl methyl sites for hydroxylation is 1. The van der Waals surface area contributed by atoms with Crippen molar-refractivity contribution in [1.82, 2.24) is 35.2 Å². The number of nitrogens with zero attached hydrogens (tertiary/aromatic N) is 6. The Morgan fingerprint density at radius 1 is 1.48 bits per heavy atom. The lowest BCUT2D eigenvalue weighted by Crippen LogP contribution is -2.47. The molecule has 0 saturated heterocycles. The molecule has 0 radical (unpaired) electrons. The first-order valence-electron chi connectivity index (χ1n) is 8.72. The van der Waals surface area contributed by atoms with Crippen LogP contribution in [-0.2, 0) is 30.9 Å². The maximum atomic E-state index is 5.11. The van der Waals surface area contributed by atoms with Crippen LogP contribution in [0.1, 0.15) is 25.0 Å². The van der Waals surface area contributed by atoms with Crippen LogP contribution in [0.25, 0.3) is 0 Å². The largest absolute Gasteiger partial charge is 0.377 e. The fourth-order valence-electron chi connectivity index (χ4n) is 2.88. The number of aliphatic imine (C=N–C) groups is 1. The smallest absolute Gasteiger partial charge is 0.191 e. The number of hydrogen-bond donors (Lipinski definition) is 2. The Hall–Kier alpha value is -2.42. The van der Waals surface area contributed by atoms with Gasteiger partial charge in [0.05, 0.1) is 19.6 Å². The van der Waals surface area contributed by atoms with Crippen LogP contribution in [0, 0.1) is 0 Å². The predicted octanol–water partition coefficient (Wildman–Crippen LogP) is 0.191. The van der Waals surface area contributed by atoms with E-state index in [2.05, 4.69) is 37.7 Å². The van der Waals surface area contributed by atoms with Crippen LogP contribution in [-0.4, -0.2) is 56.7 Å². The van der Waals surface area contributed by atoms with Gasteiger partial charge in [0, 0.05) is 38.5 Å². The van der Waals surface area contributed by atoms with Crippen molar-refractivity contribution in [3.63, 3.8) is 0 Å². The number of methoxy groups -OCH3 is 1. The van der Waals surface area contributed by atoms with Crippen LogP contribution >= 0.6 is 0 Å². The zero-order valence-corrected chi connectivity index (χ0v) is 14.9. The molecule has 2 aromatic rings. The molecule has 0 spiro atoms. The molecule has 0 amide bonds. The molecule has 0 aromatic carbocycles. The second-order valence-corrected chi connectivity index (χ2v) is 5.97. The van der Waals surface area contributed by atoms with Crippen LogP contribution in [0.4, 0.5) is 0 Å². The van der Waals surface area contributed by atoms with E-state index in [-0.39, 0.29) is 6.04 Å². The average Bonchev–Trinajstić information content (AvgIpc) is 3.24. The van der Waals surface area contributed by atoms with Gasteiger partial charge in [-0.15, -0.1) is 0 Å². The van der Waals surface area contributed by atoms with E-state index in [4.69, 9.17) is 4.74 Å². The summed E-state index contributed by atoms with van der Waals surface area (Å²) in [5.41, 5.74) is 0. The van der Waals surface area contributed by atoms with E-state index in [9.17, 15) is 0 Å². The molecule has 9 heteroatoms. The minimum Gasteiger partial charge on any atom is -0.377 e. The first-order chi connectivity index (χ1) is 12.3. The third-order valence-corrected chi connectivity index (χ3v) is 4.02. The summed E-state index contributed by atoms with van der Waals surface area (Å²) in [4.78, 5) is 9.15. The van der Waals surface area contributed by atoms with Crippen molar-refractivity contribution in [3.05, 3.63) is 30.1 Å². The SMILES string of the molecule is CCNC(=NCCn1cccn1)NC1CCc2nc(COC)nn2C1. The molecule has 0 saturated carbocycles. The van der Waals surface area contributed by atoms with Gasteiger partial charge in [-0.3, -0.25) is 9.67 Å². The number of fused-ring (bicyclic) bond motifs is 1. The Labute approximate surface area is 147 Å². The van der Waals surface area contributed by atoms with E-state index in [1.54, 1.807) is 13.3 Å². The highest BCUT2D eigenvalue weighted by Gasteiger charge is 2.22. The Bertz CT molecular complexity index is 678. The summed E-state index contributed by atoms with van der Waals surface area (Å²) in [6, 6.07) is 2.20. The van der Waals surface area contributed by atoms with Crippen molar-refractivity contribution in [3.8, 4) is 0 Å². The van der Waals surface area contributed by atoms with Gasteiger partial charge in [0.25, 0.3) is 0 Å². The molecule has 3 rings (SSSR count). The third-order valence-electron chi connectivity index (χ3n) is 4.02. The molecule has 1 unspecified atom stereocenters. The Morgan fingerprint density at radius 3 is 3.16 bits per heavy atom. The lowest BCUT2D eigenvalue weighted by Gasteiger charge is -2.25. The van der Waals surface area contributed by atoms with Crippen LogP contribution in [0.15, 0.2) is 23.5 Å². The van der Waals surface area contributed by atoms with Crippen LogP contribution in [0.5, 0.6) is 0 Å². The quantitative estimate of drug-likeness (QED) is 0.549. The molecule has 2 N–H and O–H groups in total. The molecule has 1 aliphatic rings. The molecular formula is C16H26N8O. The van der Waals surface area contributed by atoms with Gasteiger partial charge in [0.2, 0.25) is 0 Å². The summed E-state index contributed by atoms with van der Waals surface area (Å²) in [7, 11) is 1.66. The Balaban J connectivity index is 1.56. The van der Waals surface area contributed by atoms with Crippen molar-refractivity contribution in [2.45, 2.75) is 45.5 Å². The van der Waals surface area contributed by atoms with Gasteiger partial charge in [-0.1, -0.05) is 0 Å². The zero-order valence-electron chi connectivity index (χ0n) is 14.9. The van der Waals surface area contributed by atoms with Gasteiger partial charge >= 0.3 is 0 Å². The van der Waals surface area contributed by atoms with Gasteiger partial charge in [-0.25, -0.2) is 9.67 Å². The summed E-state index contributed by atoms with van der Waals surface area (Å²) in [5.74, 6) is 2.61. The van der Waals surface area contributed by atoms with Gasteiger partial charge in [0.15, 0.2) is 11.8 Å². The molecule has 0 fully saturated rings. The molecule has 1 atom stereocenters. The van der Waals surface area contributed by atoms with Crippen molar-refractivity contribution in [1.29, 1.82) is 0 Å². The molecule has 1 aliphatic heterocycles. The number of guanidine groups is 1. The second kappa shape index (κ2) is 8.61. The average molecular weight is 346 g/mol. The second-order valence-electron chi connectivity index (χ2n) is 5.97. The third kappa shape index (κ3) is 4.79. The summed E-state index contributed by atoms with van der Waals surface area (Å²) in [6.45, 7) is 5.58. The highest BCUT2D eigenvalue weighted by Crippen LogP contribution is 2.13. The summed E-state index contributed by atoms with van der Waals surface area (Å²) in [5, 5.41) is 15.5. The van der Waals surface area contributed by atoms with Crippen molar-refractivity contribution < 1.29 is 4.74 Å². The topological polar surface area (TPSA) is 94.2 Å². The molecule has 3 heterocycles. The van der Waals surface area contributed by atoms with Gasteiger partial charge < -0.3 is 15.4 Å². The van der Waals surface area contributed by atoms with Crippen LogP contribution in [0.2, 0.25) is 0 Å². The van der Waals surface area contributed by atoms with Gasteiger partial charge in [-0.05, 0) is 19.4 Å². The maximum Gasteiger partial charge on any atom is 0.191 e. The normalized spacial score (nSPS) is 17.4. The highest BCUT2D eigenvalue weighted by atomic mass is 16.5. The number of nitrogens with one attached hydrogen (secondary N) is 2. The number of hydrogen-bond acceptors (Lipinski definition) is 5. The Kier molecular flexibility index (Phi) is 5.99. The van der Waals surface area contributed by atoms with Gasteiger partial charge in [-0.2, -0.15) is 10.2 Å². The lowest BCUT2D eigenvalue weighted by atomic mass is 10.1. The minimum atomic E-state index is 0.284. The fourth-order valence-corrected chi connectivity index (χ4v) is 2.88. The number of rotatable bonds is 7. The predicted molar refractivity (Wildman–Crippen MR) is 94.2 cm³/mol. The first-order valence-corrected chi connectivity index (χ1v) is 8.72.